The summed E-state index contributed by atoms with van der Waals surface area (Å²) in [4.78, 5) is 37.1. The lowest BCUT2D eigenvalue weighted by Gasteiger charge is -2.15. The molecule has 2 atom stereocenters. The quantitative estimate of drug-likeness (QED) is 0.333. The lowest BCUT2D eigenvalue weighted by atomic mass is 10.0. The maximum atomic E-state index is 12.1. The summed E-state index contributed by atoms with van der Waals surface area (Å²) in [6, 6.07) is 4.12. The van der Waals surface area contributed by atoms with Gasteiger partial charge < -0.3 is 26.0 Å². The van der Waals surface area contributed by atoms with E-state index >= 15 is 0 Å². The van der Waals surface area contributed by atoms with Crippen LogP contribution in [0.1, 0.15) is 39.7 Å². The predicted octanol–water partition coefficient (Wildman–Crippen LogP) is 1.30. The number of carboxylic acids is 1. The van der Waals surface area contributed by atoms with Gasteiger partial charge in [-0.15, -0.1) is 0 Å². The number of hydrogen-bond donors (Lipinski definition) is 4. The van der Waals surface area contributed by atoms with Crippen molar-refractivity contribution in [1.82, 2.24) is 5.32 Å². The summed E-state index contributed by atoms with van der Waals surface area (Å²) < 4.78 is 10.3. The monoisotopic (exact) mass is 438 g/mol. The fourth-order valence-corrected chi connectivity index (χ4v) is 2.19. The van der Waals surface area contributed by atoms with Crippen molar-refractivity contribution in [1.29, 1.82) is 0 Å². The Morgan fingerprint density at radius 2 is 1.65 bits per heavy atom. The number of nitrogens with zero attached hydrogens (tertiary/aromatic N) is 1. The van der Waals surface area contributed by atoms with Gasteiger partial charge in [0.2, 0.25) is 11.8 Å². The van der Waals surface area contributed by atoms with Gasteiger partial charge >= 0.3 is 5.97 Å². The van der Waals surface area contributed by atoms with Crippen LogP contribution < -0.4 is 26.3 Å². The molecule has 0 radical (unpaired) electrons. The molecule has 1 aromatic carbocycles. The molecular weight excluding hydrogens is 404 g/mol. The molecule has 1 rings (SSSR count). The van der Waals surface area contributed by atoms with Crippen molar-refractivity contribution >= 4 is 23.7 Å². The molecule has 10 heteroatoms. The molecular formula is C21H34N4O6. The van der Waals surface area contributed by atoms with E-state index in [1.54, 1.807) is 39.0 Å². The molecule has 0 aliphatic carbocycles. The van der Waals surface area contributed by atoms with Crippen LogP contribution in [0.15, 0.2) is 23.2 Å². The molecule has 0 spiro atoms. The second-order valence-electron chi connectivity index (χ2n) is 7.15. The summed E-state index contributed by atoms with van der Waals surface area (Å²) >= 11 is 0. The average Bonchev–Trinajstić information content (AvgIpc) is 2.71. The van der Waals surface area contributed by atoms with Crippen molar-refractivity contribution in [3.63, 3.8) is 0 Å². The molecule has 31 heavy (non-hydrogen) atoms. The predicted molar refractivity (Wildman–Crippen MR) is 118 cm³/mol. The Bertz CT molecular complexity index is 779. The van der Waals surface area contributed by atoms with Gasteiger partial charge in [0.05, 0.1) is 20.6 Å². The van der Waals surface area contributed by atoms with E-state index in [1.165, 1.54) is 14.2 Å². The number of aliphatic imine (C=N–C) groups is 1. The molecule has 2 amide bonds. The molecule has 0 saturated heterocycles. The number of guanidine groups is 1. The molecule has 0 heterocycles. The van der Waals surface area contributed by atoms with Crippen LogP contribution in [-0.4, -0.2) is 49.1 Å². The van der Waals surface area contributed by atoms with E-state index in [1.807, 2.05) is 6.92 Å². The van der Waals surface area contributed by atoms with E-state index in [0.29, 0.717) is 23.5 Å². The Labute approximate surface area is 183 Å². The van der Waals surface area contributed by atoms with Gasteiger partial charge in [-0.2, -0.15) is 0 Å². The number of amides is 2. The van der Waals surface area contributed by atoms with Gasteiger partial charge in [0.15, 0.2) is 23.5 Å². The molecule has 0 fully saturated rings. The Hall–Kier alpha value is -3.30. The molecule has 6 N–H and O–H groups in total. The first kappa shape index (κ1) is 27.7. The van der Waals surface area contributed by atoms with Gasteiger partial charge in [-0.3, -0.25) is 14.9 Å². The van der Waals surface area contributed by atoms with E-state index in [9.17, 15) is 19.5 Å². The number of carboxylic acid groups (broad SMARTS) is 1. The summed E-state index contributed by atoms with van der Waals surface area (Å²) in [7, 11) is 3.03. The zero-order valence-electron chi connectivity index (χ0n) is 19.0. The van der Waals surface area contributed by atoms with Crippen molar-refractivity contribution < 1.29 is 29.0 Å². The maximum absolute atomic E-state index is 12.1. The first-order valence-electron chi connectivity index (χ1n) is 9.82. The van der Waals surface area contributed by atoms with Gasteiger partial charge in [0, 0.05) is 5.92 Å². The number of carbonyl (C=O) groups is 3. The molecule has 0 aliphatic heterocycles. The number of nitrogens with one attached hydrogen (secondary N) is 1. The number of nitrogens with two attached hydrogens (primary N) is 2. The summed E-state index contributed by atoms with van der Waals surface area (Å²) in [5, 5.41) is 11.6. The normalized spacial score (nSPS) is 12.8. The fraction of sp³-hybridized carbons (Fsp3) is 0.524. The molecule has 0 aliphatic rings. The summed E-state index contributed by atoms with van der Waals surface area (Å²) in [5.41, 5.74) is 11.2. The van der Waals surface area contributed by atoms with E-state index in [4.69, 9.17) is 20.9 Å². The Balaban J connectivity index is 0.00000131. The number of methoxy groups -OCH3 is 2. The van der Waals surface area contributed by atoms with Crippen LogP contribution >= 0.6 is 0 Å². The lowest BCUT2D eigenvalue weighted by Crippen LogP contribution is -2.40. The van der Waals surface area contributed by atoms with Crippen molar-refractivity contribution in [2.45, 2.75) is 46.6 Å². The summed E-state index contributed by atoms with van der Waals surface area (Å²) in [5.74, 6) is -1.06. The third kappa shape index (κ3) is 10.3. The number of primary amides is 1. The molecule has 0 aromatic heterocycles. The largest absolute Gasteiger partial charge is 0.493 e. The van der Waals surface area contributed by atoms with Crippen LogP contribution in [0, 0.1) is 11.8 Å². The molecule has 174 valence electrons. The minimum absolute atomic E-state index is 0.00926. The van der Waals surface area contributed by atoms with Gasteiger partial charge in [0.25, 0.3) is 0 Å². The molecule has 0 bridgehead atoms. The smallest absolute Gasteiger partial charge is 0.328 e. The van der Waals surface area contributed by atoms with Crippen molar-refractivity contribution in [2.75, 3.05) is 14.2 Å². The molecule has 0 saturated carbocycles. The van der Waals surface area contributed by atoms with E-state index in [-0.39, 0.29) is 30.1 Å². The second-order valence-corrected chi connectivity index (χ2v) is 7.15. The highest BCUT2D eigenvalue weighted by atomic mass is 16.5. The maximum Gasteiger partial charge on any atom is 0.328 e. The molecule has 10 nitrogen and oxygen atoms in total. The minimum atomic E-state index is -1.08. The highest BCUT2D eigenvalue weighted by Crippen LogP contribution is 2.27. The van der Waals surface area contributed by atoms with E-state index in [2.05, 4.69) is 10.3 Å². The SMILES string of the molecule is CC(C)C(N)=O.CC[C@@H](C)[C@@H](N=C(N)NC(=O)Cc1ccc(OC)c(OC)c1)C(=O)O. The fourth-order valence-electron chi connectivity index (χ4n) is 2.19. The van der Waals surface area contributed by atoms with E-state index in [0.717, 1.165) is 0 Å². The number of rotatable bonds is 9. The van der Waals surface area contributed by atoms with Gasteiger partial charge in [0.1, 0.15) is 0 Å². The molecule has 1 aromatic rings. The Morgan fingerprint density at radius 3 is 2.06 bits per heavy atom. The second kappa shape index (κ2) is 13.8. The Kier molecular flexibility index (Phi) is 12.4. The number of ether oxygens (including phenoxy) is 2. The third-order valence-electron chi connectivity index (χ3n) is 4.36. The highest BCUT2D eigenvalue weighted by Gasteiger charge is 2.23. The molecule has 0 unspecified atom stereocenters. The van der Waals surface area contributed by atoms with Crippen LogP contribution in [0.2, 0.25) is 0 Å². The highest BCUT2D eigenvalue weighted by molar-refractivity contribution is 5.97. The van der Waals surface area contributed by atoms with Crippen molar-refractivity contribution in [3.8, 4) is 11.5 Å². The third-order valence-corrected chi connectivity index (χ3v) is 4.36. The van der Waals surface area contributed by atoms with Gasteiger partial charge in [-0.1, -0.05) is 40.2 Å². The minimum Gasteiger partial charge on any atom is -0.493 e. The Morgan fingerprint density at radius 1 is 1.10 bits per heavy atom. The van der Waals surface area contributed by atoms with E-state index < -0.39 is 17.9 Å². The first-order valence-corrected chi connectivity index (χ1v) is 9.82. The number of hydrogen-bond acceptors (Lipinski definition) is 6. The standard InChI is InChI=1S/C17H25N3O5.C4H9NO/c1-5-10(2)15(16(22)23)20-17(18)19-14(21)9-11-6-7-12(24-3)13(8-11)25-4;1-3(2)4(5)6/h6-8,10,15H,5,9H2,1-4H3,(H,22,23)(H3,18,19,20,21);3H,1-2H3,(H2,5,6)/t10-,15-;/m1./s1. The first-order chi connectivity index (χ1) is 14.5. The van der Waals surface area contributed by atoms with Crippen LogP contribution in [0.25, 0.3) is 0 Å². The van der Waals surface area contributed by atoms with Crippen molar-refractivity contribution in [3.05, 3.63) is 23.8 Å². The summed E-state index contributed by atoms with van der Waals surface area (Å²) in [6.45, 7) is 7.16. The topological polar surface area (TPSA) is 166 Å². The van der Waals surface area contributed by atoms with Gasteiger partial charge in [-0.05, 0) is 23.6 Å². The zero-order valence-corrected chi connectivity index (χ0v) is 19.0. The van der Waals surface area contributed by atoms with Crippen LogP contribution in [0.4, 0.5) is 0 Å². The number of carbonyl (C=O) groups excluding carboxylic acids is 2. The van der Waals surface area contributed by atoms with Crippen molar-refractivity contribution in [2.24, 2.45) is 28.3 Å². The average molecular weight is 439 g/mol. The zero-order chi connectivity index (χ0) is 24.1. The van der Waals surface area contributed by atoms with Crippen LogP contribution in [-0.2, 0) is 20.8 Å². The number of benzene rings is 1. The lowest BCUT2D eigenvalue weighted by molar-refractivity contribution is -0.139. The van der Waals surface area contributed by atoms with Gasteiger partial charge in [-0.25, -0.2) is 9.79 Å². The number of aliphatic carboxylic acids is 1. The van der Waals surface area contributed by atoms with Crippen LogP contribution in [0.3, 0.4) is 0 Å². The summed E-state index contributed by atoms with van der Waals surface area (Å²) in [6.07, 6.45) is 0.672. The van der Waals surface area contributed by atoms with Crippen LogP contribution in [0.5, 0.6) is 11.5 Å².